The molecule has 0 spiro atoms. The van der Waals surface area contributed by atoms with E-state index in [1.807, 2.05) is 0 Å². The first-order valence-electron chi connectivity index (χ1n) is 5.74. The molecule has 0 fully saturated rings. The molecule has 0 radical (unpaired) electrons. The molecular weight excluding hydrogens is 176 g/mol. The van der Waals surface area contributed by atoms with Gasteiger partial charge < -0.3 is 0 Å². The van der Waals surface area contributed by atoms with Gasteiger partial charge in [-0.3, -0.25) is 0 Å². The molecule has 3 unspecified atom stereocenters. The van der Waals surface area contributed by atoms with Gasteiger partial charge in [0.2, 0.25) is 0 Å². The van der Waals surface area contributed by atoms with Crippen molar-refractivity contribution in [3.8, 4) is 0 Å². The summed E-state index contributed by atoms with van der Waals surface area (Å²) >= 11 is 0. The molecule has 3 atom stereocenters. The van der Waals surface area contributed by atoms with E-state index in [2.05, 4.69) is 40.9 Å². The van der Waals surface area contributed by atoms with Crippen molar-refractivity contribution >= 4 is 10.0 Å². The first-order chi connectivity index (χ1) is 6.01. The molecular formula is C12H28S. The van der Waals surface area contributed by atoms with Crippen molar-refractivity contribution in [2.45, 2.75) is 52.7 Å². The summed E-state index contributed by atoms with van der Waals surface area (Å²) in [6.45, 7) is 11.9. The molecule has 0 aliphatic heterocycles. The lowest BCUT2D eigenvalue weighted by Crippen LogP contribution is -2.25. The van der Waals surface area contributed by atoms with E-state index in [1.54, 1.807) is 0 Å². The molecule has 0 aliphatic rings. The molecule has 1 heteroatoms. The predicted octanol–water partition coefficient (Wildman–Crippen LogP) is 4.29. The van der Waals surface area contributed by atoms with E-state index in [4.69, 9.17) is 0 Å². The van der Waals surface area contributed by atoms with Crippen molar-refractivity contribution in [1.82, 2.24) is 0 Å². The fourth-order valence-corrected chi connectivity index (χ4v) is 5.39. The molecule has 0 amide bonds. The monoisotopic (exact) mass is 204 g/mol. The summed E-state index contributed by atoms with van der Waals surface area (Å²) in [7, 11) is -0.317. The zero-order chi connectivity index (χ0) is 10.5. The lowest BCUT2D eigenvalue weighted by molar-refractivity contribution is 0.552. The molecule has 0 N–H and O–H groups in total. The molecule has 0 aliphatic carbocycles. The molecule has 0 rings (SSSR count). The Hall–Kier alpha value is 0.350. The van der Waals surface area contributed by atoms with Crippen LogP contribution in [0.3, 0.4) is 0 Å². The molecule has 0 aromatic rings. The topological polar surface area (TPSA) is 0 Å². The Morgan fingerprint density at radius 1 is 1.08 bits per heavy atom. The van der Waals surface area contributed by atoms with E-state index in [1.165, 1.54) is 24.3 Å². The van der Waals surface area contributed by atoms with Crippen LogP contribution in [0.2, 0.25) is 0 Å². The van der Waals surface area contributed by atoms with Crippen molar-refractivity contribution in [2.75, 3.05) is 17.8 Å². The fourth-order valence-electron chi connectivity index (χ4n) is 1.95. The third-order valence-corrected chi connectivity index (χ3v) is 8.59. The van der Waals surface area contributed by atoms with Gasteiger partial charge in [0.05, 0.1) is 0 Å². The maximum atomic E-state index is 2.55. The third-order valence-electron chi connectivity index (χ3n) is 3.67. The second-order valence-electron chi connectivity index (χ2n) is 4.43. The van der Waals surface area contributed by atoms with E-state index in [-0.39, 0.29) is 10.0 Å². The van der Waals surface area contributed by atoms with Crippen LogP contribution < -0.4 is 0 Å². The Morgan fingerprint density at radius 3 is 1.92 bits per heavy atom. The Kier molecular flexibility index (Phi) is 6.11. The summed E-state index contributed by atoms with van der Waals surface area (Å²) in [4.78, 5) is 0. The minimum absolute atomic E-state index is 0.317. The minimum atomic E-state index is -0.317. The Labute approximate surface area is 86.8 Å². The van der Waals surface area contributed by atoms with Gasteiger partial charge in [-0.2, -0.15) is 0 Å². The van der Waals surface area contributed by atoms with Gasteiger partial charge in [0.25, 0.3) is 0 Å². The van der Waals surface area contributed by atoms with E-state index >= 15 is 0 Å². The first-order valence-corrected chi connectivity index (χ1v) is 8.18. The summed E-state index contributed by atoms with van der Waals surface area (Å²) in [5.41, 5.74) is 0. The van der Waals surface area contributed by atoms with E-state index < -0.39 is 0 Å². The largest absolute Gasteiger partial charge is 0.241 e. The number of hydrogen-bond acceptors (Lipinski definition) is 0. The lowest BCUT2D eigenvalue weighted by atomic mass is 10.1. The minimum Gasteiger partial charge on any atom is -0.241 e. The highest BCUT2D eigenvalue weighted by atomic mass is 32.3. The zero-order valence-corrected chi connectivity index (χ0v) is 11.2. The zero-order valence-electron chi connectivity index (χ0n) is 10.4. The van der Waals surface area contributed by atoms with Crippen LogP contribution in [0, 0.1) is 5.92 Å². The Morgan fingerprint density at radius 2 is 1.62 bits per heavy atom. The highest BCUT2D eigenvalue weighted by Gasteiger charge is 2.26. The molecule has 82 valence electrons. The van der Waals surface area contributed by atoms with Crippen molar-refractivity contribution < 1.29 is 0 Å². The number of rotatable bonds is 6. The summed E-state index contributed by atoms with van der Waals surface area (Å²) < 4.78 is 0. The average molecular weight is 204 g/mol. The molecule has 0 aromatic heterocycles. The SMILES string of the molecule is CCCS(C)(CC)C(C)C(C)CC. The molecule has 0 saturated carbocycles. The number of hydrogen-bond donors (Lipinski definition) is 0. The maximum Gasteiger partial charge on any atom is -0.0117 e. The van der Waals surface area contributed by atoms with Gasteiger partial charge in [-0.1, -0.05) is 41.0 Å². The van der Waals surface area contributed by atoms with Crippen molar-refractivity contribution in [2.24, 2.45) is 5.92 Å². The molecule has 0 heterocycles. The fraction of sp³-hybridized carbons (Fsp3) is 1.00. The van der Waals surface area contributed by atoms with E-state index in [0.717, 1.165) is 11.2 Å². The molecule has 13 heavy (non-hydrogen) atoms. The van der Waals surface area contributed by atoms with Crippen LogP contribution in [-0.4, -0.2) is 23.0 Å². The van der Waals surface area contributed by atoms with E-state index in [9.17, 15) is 0 Å². The predicted molar refractivity (Wildman–Crippen MR) is 68.1 cm³/mol. The van der Waals surface area contributed by atoms with Gasteiger partial charge in [-0.25, -0.2) is 10.0 Å². The maximum absolute atomic E-state index is 2.55. The molecule has 0 nitrogen and oxygen atoms in total. The van der Waals surface area contributed by atoms with Gasteiger partial charge in [0.15, 0.2) is 0 Å². The van der Waals surface area contributed by atoms with Crippen LogP contribution in [0.1, 0.15) is 47.5 Å². The first kappa shape index (κ1) is 13.4. The smallest absolute Gasteiger partial charge is 0.0117 e. The summed E-state index contributed by atoms with van der Waals surface area (Å²) in [5, 5.41) is 0.947. The highest BCUT2D eigenvalue weighted by molar-refractivity contribution is 8.33. The third kappa shape index (κ3) is 3.53. The molecule has 0 bridgehead atoms. The van der Waals surface area contributed by atoms with Gasteiger partial charge in [-0.05, 0) is 35.4 Å². The normalized spacial score (nSPS) is 23.2. The second-order valence-corrected chi connectivity index (χ2v) is 8.86. The van der Waals surface area contributed by atoms with Crippen LogP contribution in [0.15, 0.2) is 0 Å². The van der Waals surface area contributed by atoms with Gasteiger partial charge in [-0.15, -0.1) is 0 Å². The van der Waals surface area contributed by atoms with Crippen LogP contribution in [0.25, 0.3) is 0 Å². The van der Waals surface area contributed by atoms with E-state index in [0.29, 0.717) is 0 Å². The van der Waals surface area contributed by atoms with Crippen molar-refractivity contribution in [3.63, 3.8) is 0 Å². The standard InChI is InChI=1S/C12H28S/c1-7-10-13(6,9-3)12(5)11(4)8-2/h11-12H,7-10H2,1-6H3. The average Bonchev–Trinajstić information content (AvgIpc) is 2.15. The Balaban J connectivity index is 4.35. The molecule has 0 saturated heterocycles. The Bertz CT molecular complexity index is 133. The highest BCUT2D eigenvalue weighted by Crippen LogP contribution is 2.52. The summed E-state index contributed by atoms with van der Waals surface area (Å²) in [6.07, 6.45) is 5.25. The second kappa shape index (κ2) is 5.95. The van der Waals surface area contributed by atoms with Gasteiger partial charge in [0.1, 0.15) is 0 Å². The summed E-state index contributed by atoms with van der Waals surface area (Å²) in [5.74, 6) is 3.79. The summed E-state index contributed by atoms with van der Waals surface area (Å²) in [6, 6.07) is 0. The van der Waals surface area contributed by atoms with Crippen LogP contribution in [0.5, 0.6) is 0 Å². The van der Waals surface area contributed by atoms with Crippen LogP contribution in [0.4, 0.5) is 0 Å². The van der Waals surface area contributed by atoms with Crippen LogP contribution >= 0.6 is 10.0 Å². The van der Waals surface area contributed by atoms with Crippen LogP contribution in [-0.2, 0) is 0 Å². The van der Waals surface area contributed by atoms with Crippen molar-refractivity contribution in [1.29, 1.82) is 0 Å². The van der Waals surface area contributed by atoms with Crippen molar-refractivity contribution in [3.05, 3.63) is 0 Å². The lowest BCUT2D eigenvalue weighted by Gasteiger charge is -2.44. The van der Waals surface area contributed by atoms with Gasteiger partial charge in [0, 0.05) is 0 Å². The quantitative estimate of drug-likeness (QED) is 0.605. The van der Waals surface area contributed by atoms with Gasteiger partial charge >= 0.3 is 0 Å². The molecule has 0 aromatic carbocycles.